The molecule has 0 amide bonds. The van der Waals surface area contributed by atoms with Crippen molar-refractivity contribution in [3.63, 3.8) is 0 Å². The molecule has 2 rings (SSSR count). The summed E-state index contributed by atoms with van der Waals surface area (Å²) in [5.74, 6) is 0.136. The summed E-state index contributed by atoms with van der Waals surface area (Å²) in [4.78, 5) is 13.7. The van der Waals surface area contributed by atoms with Crippen LogP contribution in [0.25, 0.3) is 0 Å². The number of carbonyl (C=O) groups excluding carboxylic acids is 1. The van der Waals surface area contributed by atoms with Gasteiger partial charge in [0.05, 0.1) is 39.8 Å². The van der Waals surface area contributed by atoms with Crippen LogP contribution in [-0.4, -0.2) is 50.0 Å². The Labute approximate surface area is 116 Å². The van der Waals surface area contributed by atoms with Crippen molar-refractivity contribution < 1.29 is 9.28 Å². The molecule has 1 heterocycles. The summed E-state index contributed by atoms with van der Waals surface area (Å²) in [5, 5.41) is 0. The molecule has 3 nitrogen and oxygen atoms in total. The Morgan fingerprint density at radius 3 is 2.26 bits per heavy atom. The van der Waals surface area contributed by atoms with Crippen molar-refractivity contribution in [3.8, 4) is 0 Å². The number of rotatable bonds is 4. The SMILES string of the molecule is CCC[N+]1(C)CCN(c2ccc(C(C)=O)cc2)CC1. The van der Waals surface area contributed by atoms with Gasteiger partial charge >= 0.3 is 0 Å². The fraction of sp³-hybridized carbons (Fsp3) is 0.562. The smallest absolute Gasteiger partial charge is 0.159 e. The molecule has 19 heavy (non-hydrogen) atoms. The summed E-state index contributed by atoms with van der Waals surface area (Å²) in [6.45, 7) is 9.79. The summed E-state index contributed by atoms with van der Waals surface area (Å²) in [7, 11) is 2.36. The zero-order valence-corrected chi connectivity index (χ0v) is 12.4. The molecule has 3 heteroatoms. The maximum atomic E-state index is 11.3. The summed E-state index contributed by atoms with van der Waals surface area (Å²) in [6.07, 6.45) is 1.25. The molecule has 1 aromatic carbocycles. The Morgan fingerprint density at radius 1 is 1.21 bits per heavy atom. The minimum atomic E-state index is 0.136. The van der Waals surface area contributed by atoms with Crippen LogP contribution in [-0.2, 0) is 0 Å². The van der Waals surface area contributed by atoms with Gasteiger partial charge in [0, 0.05) is 11.3 Å². The van der Waals surface area contributed by atoms with E-state index in [2.05, 4.69) is 31.0 Å². The molecule has 1 aliphatic rings. The number of carbonyl (C=O) groups is 1. The topological polar surface area (TPSA) is 20.3 Å². The molecule has 0 bridgehead atoms. The van der Waals surface area contributed by atoms with Gasteiger partial charge in [0.2, 0.25) is 0 Å². The van der Waals surface area contributed by atoms with Gasteiger partial charge in [-0.1, -0.05) is 6.92 Å². The summed E-state index contributed by atoms with van der Waals surface area (Å²) >= 11 is 0. The molecule has 0 unspecified atom stereocenters. The van der Waals surface area contributed by atoms with Crippen LogP contribution in [0.15, 0.2) is 24.3 Å². The Bertz CT molecular complexity index is 431. The molecule has 0 aromatic heterocycles. The zero-order valence-electron chi connectivity index (χ0n) is 12.4. The third kappa shape index (κ3) is 3.35. The van der Waals surface area contributed by atoms with Crippen molar-refractivity contribution in [2.24, 2.45) is 0 Å². The Kier molecular flexibility index (Phi) is 4.25. The highest BCUT2D eigenvalue weighted by Gasteiger charge is 2.27. The van der Waals surface area contributed by atoms with Crippen LogP contribution in [0.3, 0.4) is 0 Å². The van der Waals surface area contributed by atoms with Gasteiger partial charge in [-0.3, -0.25) is 4.79 Å². The molecule has 0 atom stereocenters. The lowest BCUT2D eigenvalue weighted by atomic mass is 10.1. The van der Waals surface area contributed by atoms with E-state index in [0.29, 0.717) is 0 Å². The highest BCUT2D eigenvalue weighted by atomic mass is 16.1. The van der Waals surface area contributed by atoms with Gasteiger partial charge < -0.3 is 9.38 Å². The first-order valence-electron chi connectivity index (χ1n) is 7.23. The molecule has 1 aromatic rings. The molecule has 0 N–H and O–H groups in total. The van der Waals surface area contributed by atoms with Crippen LogP contribution in [0.5, 0.6) is 0 Å². The number of benzene rings is 1. The van der Waals surface area contributed by atoms with Crippen LogP contribution in [0.2, 0.25) is 0 Å². The molecule has 0 saturated carbocycles. The van der Waals surface area contributed by atoms with Gasteiger partial charge in [0.25, 0.3) is 0 Å². The standard InChI is InChI=1S/C16H25N2O/c1-4-11-18(3)12-9-17(10-13-18)16-7-5-15(6-8-16)14(2)19/h5-8H,4,9-13H2,1-3H3/q+1. The van der Waals surface area contributed by atoms with Gasteiger partial charge in [-0.25, -0.2) is 0 Å². The molecule has 0 radical (unpaired) electrons. The monoisotopic (exact) mass is 261 g/mol. The number of likely N-dealkylation sites (N-methyl/N-ethyl adjacent to an activating group) is 1. The molecular formula is C16H25N2O+. The van der Waals surface area contributed by atoms with E-state index in [-0.39, 0.29) is 5.78 Å². The van der Waals surface area contributed by atoms with Crippen LogP contribution >= 0.6 is 0 Å². The maximum absolute atomic E-state index is 11.3. The number of anilines is 1. The van der Waals surface area contributed by atoms with Crippen molar-refractivity contribution in [2.45, 2.75) is 20.3 Å². The fourth-order valence-corrected chi connectivity index (χ4v) is 2.88. The normalized spacial score (nSPS) is 18.4. The van der Waals surface area contributed by atoms with Crippen molar-refractivity contribution in [1.29, 1.82) is 0 Å². The van der Waals surface area contributed by atoms with Crippen molar-refractivity contribution in [3.05, 3.63) is 29.8 Å². The van der Waals surface area contributed by atoms with Gasteiger partial charge in [0.1, 0.15) is 0 Å². The first-order valence-corrected chi connectivity index (χ1v) is 7.23. The number of nitrogens with zero attached hydrogens (tertiary/aromatic N) is 2. The number of hydrogen-bond acceptors (Lipinski definition) is 2. The van der Waals surface area contributed by atoms with E-state index in [1.54, 1.807) is 6.92 Å². The lowest BCUT2D eigenvalue weighted by Crippen LogP contribution is -2.57. The van der Waals surface area contributed by atoms with Crippen LogP contribution < -0.4 is 4.90 Å². The van der Waals surface area contributed by atoms with E-state index in [1.165, 1.54) is 36.2 Å². The number of piperazine rings is 1. The van der Waals surface area contributed by atoms with Gasteiger partial charge in [-0.05, 0) is 37.6 Å². The van der Waals surface area contributed by atoms with Gasteiger partial charge in [-0.15, -0.1) is 0 Å². The molecule has 1 saturated heterocycles. The molecular weight excluding hydrogens is 236 g/mol. The first kappa shape index (κ1) is 14.1. The largest absolute Gasteiger partial charge is 0.360 e. The molecule has 104 valence electrons. The van der Waals surface area contributed by atoms with Crippen molar-refractivity contribution in [1.82, 2.24) is 0 Å². The maximum Gasteiger partial charge on any atom is 0.159 e. The number of Topliss-reactive ketones (excluding diaryl/α,β-unsaturated/α-hetero) is 1. The van der Waals surface area contributed by atoms with E-state index in [9.17, 15) is 4.79 Å². The third-order valence-electron chi connectivity index (χ3n) is 4.22. The van der Waals surface area contributed by atoms with Crippen molar-refractivity contribution in [2.75, 3.05) is 44.7 Å². The Morgan fingerprint density at radius 2 is 1.79 bits per heavy atom. The minimum Gasteiger partial charge on any atom is -0.360 e. The zero-order chi connectivity index (χ0) is 13.9. The lowest BCUT2D eigenvalue weighted by molar-refractivity contribution is -0.910. The van der Waals surface area contributed by atoms with E-state index in [4.69, 9.17) is 0 Å². The minimum absolute atomic E-state index is 0.136. The van der Waals surface area contributed by atoms with E-state index < -0.39 is 0 Å². The predicted octanol–water partition coefficient (Wildman–Crippen LogP) is 2.57. The van der Waals surface area contributed by atoms with E-state index in [0.717, 1.165) is 18.7 Å². The van der Waals surface area contributed by atoms with Crippen LogP contribution in [0.1, 0.15) is 30.6 Å². The third-order valence-corrected chi connectivity index (χ3v) is 4.22. The highest BCUT2D eigenvalue weighted by molar-refractivity contribution is 5.94. The average Bonchev–Trinajstić information content (AvgIpc) is 2.40. The first-order chi connectivity index (χ1) is 9.04. The summed E-state index contributed by atoms with van der Waals surface area (Å²) < 4.78 is 1.19. The lowest BCUT2D eigenvalue weighted by Gasteiger charge is -2.42. The molecule has 1 aliphatic heterocycles. The summed E-state index contributed by atoms with van der Waals surface area (Å²) in [6, 6.07) is 8.02. The molecule has 0 spiro atoms. The average molecular weight is 261 g/mol. The van der Waals surface area contributed by atoms with Gasteiger partial charge in [-0.2, -0.15) is 0 Å². The highest BCUT2D eigenvalue weighted by Crippen LogP contribution is 2.20. The number of quaternary nitrogens is 1. The van der Waals surface area contributed by atoms with Crippen LogP contribution in [0, 0.1) is 0 Å². The second-order valence-corrected chi connectivity index (χ2v) is 5.88. The second-order valence-electron chi connectivity index (χ2n) is 5.88. The van der Waals surface area contributed by atoms with Crippen molar-refractivity contribution >= 4 is 11.5 Å². The Balaban J connectivity index is 1.99. The van der Waals surface area contributed by atoms with E-state index in [1.807, 2.05) is 12.1 Å². The predicted molar refractivity (Wildman–Crippen MR) is 79.7 cm³/mol. The second kappa shape index (κ2) is 5.74. The molecule has 1 fully saturated rings. The fourth-order valence-electron chi connectivity index (χ4n) is 2.88. The summed E-state index contributed by atoms with van der Waals surface area (Å²) in [5.41, 5.74) is 2.04. The number of ketones is 1. The van der Waals surface area contributed by atoms with E-state index >= 15 is 0 Å². The quantitative estimate of drug-likeness (QED) is 0.613. The van der Waals surface area contributed by atoms with Crippen LogP contribution in [0.4, 0.5) is 5.69 Å². The van der Waals surface area contributed by atoms with Gasteiger partial charge in [0.15, 0.2) is 5.78 Å². The Hall–Kier alpha value is -1.35. The molecule has 0 aliphatic carbocycles. The number of hydrogen-bond donors (Lipinski definition) is 0.